The number of thioether (sulfide) groups is 1. The molecule has 6 nitrogen and oxygen atoms in total. The summed E-state index contributed by atoms with van der Waals surface area (Å²) in [6.45, 7) is 1.34. The Hall–Kier alpha value is -3.32. The number of benzene rings is 2. The van der Waals surface area contributed by atoms with Crippen LogP contribution >= 0.6 is 11.8 Å². The highest BCUT2D eigenvalue weighted by molar-refractivity contribution is 8.00. The van der Waals surface area contributed by atoms with Crippen LogP contribution in [0.2, 0.25) is 0 Å². The molecule has 2 heterocycles. The molecule has 0 saturated carbocycles. The average Bonchev–Trinajstić information content (AvgIpc) is 2.88. The van der Waals surface area contributed by atoms with Gasteiger partial charge < -0.3 is 4.90 Å². The van der Waals surface area contributed by atoms with E-state index in [2.05, 4.69) is 15.0 Å². The van der Waals surface area contributed by atoms with Crippen molar-refractivity contribution in [3.8, 4) is 0 Å². The van der Waals surface area contributed by atoms with Crippen molar-refractivity contribution in [3.63, 3.8) is 0 Å². The van der Waals surface area contributed by atoms with Crippen LogP contribution in [0.4, 0.5) is 0 Å². The highest BCUT2D eigenvalue weighted by Gasteiger charge is 2.31. The molecular weight excluding hydrogens is 420 g/mol. The van der Waals surface area contributed by atoms with Crippen LogP contribution in [-0.2, 0) is 4.79 Å². The minimum absolute atomic E-state index is 0.203. The molecule has 2 aromatic carbocycles. The zero-order valence-corrected chi connectivity index (χ0v) is 18.4. The van der Waals surface area contributed by atoms with E-state index in [9.17, 15) is 9.59 Å². The number of hydrogen-bond acceptors (Lipinski definition) is 5. The quantitative estimate of drug-likeness (QED) is 0.315. The standard InChI is InChI=1S/C25H24N4O2S/c30-23(20-13-6-2-7-14-20)28-21(24(31)29-17-8-3-9-18-29)22(19-11-4-1-5-12-19)32-25-26-15-10-16-27-25/h1-2,4-7,10-16,22H,3,8-9,17-18H2. The summed E-state index contributed by atoms with van der Waals surface area (Å²) in [7, 11) is 0. The van der Waals surface area contributed by atoms with Crippen LogP contribution in [0.5, 0.6) is 0 Å². The van der Waals surface area contributed by atoms with Gasteiger partial charge in [0.2, 0.25) is 0 Å². The third-order valence-electron chi connectivity index (χ3n) is 5.22. The van der Waals surface area contributed by atoms with Crippen molar-refractivity contribution >= 4 is 29.3 Å². The molecule has 0 bridgehead atoms. The summed E-state index contributed by atoms with van der Waals surface area (Å²) in [5.74, 6) is -0.632. The molecule has 0 radical (unpaired) electrons. The summed E-state index contributed by atoms with van der Waals surface area (Å²) in [4.78, 5) is 41.5. The first-order chi connectivity index (χ1) is 15.7. The van der Waals surface area contributed by atoms with E-state index in [0.717, 1.165) is 24.8 Å². The van der Waals surface area contributed by atoms with Gasteiger partial charge in [0.05, 0.1) is 5.25 Å². The maximum Gasteiger partial charge on any atom is 0.277 e. The second-order valence-electron chi connectivity index (χ2n) is 7.46. The summed E-state index contributed by atoms with van der Waals surface area (Å²) < 4.78 is 0. The number of aromatic nitrogens is 2. The molecule has 1 unspecified atom stereocenters. The van der Waals surface area contributed by atoms with Crippen molar-refractivity contribution in [3.05, 3.63) is 90.3 Å². The SMILES string of the molecule is O=C(N=C(C(=O)N1CCCCC1)C(Sc1ncccn1)c1ccccc1)c1ccccc1. The van der Waals surface area contributed by atoms with Gasteiger partial charge in [-0.1, -0.05) is 60.3 Å². The number of piperidine rings is 1. The minimum atomic E-state index is -0.513. The molecular formula is C25H24N4O2S. The van der Waals surface area contributed by atoms with Crippen LogP contribution in [0, 0.1) is 0 Å². The molecule has 1 aliphatic heterocycles. The molecule has 1 atom stereocenters. The van der Waals surface area contributed by atoms with E-state index in [0.29, 0.717) is 23.8 Å². The number of likely N-dealkylation sites (tertiary alicyclic amines) is 1. The Kier molecular flexibility index (Phi) is 7.40. The van der Waals surface area contributed by atoms with Crippen LogP contribution in [-0.4, -0.2) is 45.5 Å². The normalized spacial score (nSPS) is 15.2. The number of aliphatic imine (C=N–C) groups is 1. The Morgan fingerprint density at radius 2 is 1.47 bits per heavy atom. The molecule has 4 rings (SSSR count). The molecule has 0 N–H and O–H groups in total. The molecule has 2 amide bonds. The van der Waals surface area contributed by atoms with Crippen LogP contribution in [0.1, 0.15) is 40.4 Å². The maximum absolute atomic E-state index is 13.7. The van der Waals surface area contributed by atoms with E-state index in [4.69, 9.17) is 0 Å². The second-order valence-corrected chi connectivity index (χ2v) is 8.53. The largest absolute Gasteiger partial charge is 0.338 e. The van der Waals surface area contributed by atoms with Crippen molar-refractivity contribution in [2.45, 2.75) is 29.7 Å². The van der Waals surface area contributed by atoms with E-state index in [1.165, 1.54) is 11.8 Å². The predicted molar refractivity (Wildman–Crippen MR) is 126 cm³/mol. The Labute approximate surface area is 191 Å². The Balaban J connectivity index is 1.77. The number of nitrogens with zero attached hydrogens (tertiary/aromatic N) is 4. The van der Waals surface area contributed by atoms with E-state index < -0.39 is 11.2 Å². The van der Waals surface area contributed by atoms with Gasteiger partial charge in [0.1, 0.15) is 5.71 Å². The molecule has 1 aliphatic rings. The summed E-state index contributed by atoms with van der Waals surface area (Å²) >= 11 is 1.33. The van der Waals surface area contributed by atoms with E-state index in [1.807, 2.05) is 41.3 Å². The van der Waals surface area contributed by atoms with Gasteiger partial charge in [-0.3, -0.25) is 9.59 Å². The lowest BCUT2D eigenvalue weighted by molar-refractivity contribution is -0.125. The summed E-state index contributed by atoms with van der Waals surface area (Å²) in [5.41, 5.74) is 1.53. The zero-order valence-electron chi connectivity index (χ0n) is 17.6. The summed E-state index contributed by atoms with van der Waals surface area (Å²) in [5, 5.41) is 0.00773. The predicted octanol–water partition coefficient (Wildman–Crippen LogP) is 4.60. The van der Waals surface area contributed by atoms with Gasteiger partial charge in [-0.2, -0.15) is 0 Å². The molecule has 1 fully saturated rings. The lowest BCUT2D eigenvalue weighted by atomic mass is 10.0. The first kappa shape index (κ1) is 21.9. The first-order valence-corrected chi connectivity index (χ1v) is 11.6. The topological polar surface area (TPSA) is 75.5 Å². The third-order valence-corrected chi connectivity index (χ3v) is 6.37. The molecule has 0 aliphatic carbocycles. The molecule has 32 heavy (non-hydrogen) atoms. The van der Waals surface area contributed by atoms with E-state index in [-0.39, 0.29) is 11.6 Å². The first-order valence-electron chi connectivity index (χ1n) is 10.7. The lowest BCUT2D eigenvalue weighted by Crippen LogP contribution is -2.42. The molecule has 1 aromatic heterocycles. The second kappa shape index (κ2) is 10.8. The Bertz CT molecular complexity index is 1070. The number of carbonyl (C=O) groups excluding carboxylic acids is 2. The average molecular weight is 445 g/mol. The van der Waals surface area contributed by atoms with Gasteiger partial charge in [0, 0.05) is 31.0 Å². The number of carbonyl (C=O) groups is 2. The highest BCUT2D eigenvalue weighted by atomic mass is 32.2. The van der Waals surface area contributed by atoms with Crippen LogP contribution in [0.3, 0.4) is 0 Å². The van der Waals surface area contributed by atoms with Crippen LogP contribution in [0.25, 0.3) is 0 Å². The molecule has 7 heteroatoms. The molecule has 1 saturated heterocycles. The van der Waals surface area contributed by atoms with Gasteiger partial charge in [0.15, 0.2) is 5.16 Å². The van der Waals surface area contributed by atoms with Crippen LogP contribution in [0.15, 0.2) is 89.3 Å². The fourth-order valence-electron chi connectivity index (χ4n) is 3.59. The summed E-state index contributed by atoms with van der Waals surface area (Å²) in [6, 6.07) is 20.2. The maximum atomic E-state index is 13.7. The Morgan fingerprint density at radius 3 is 2.12 bits per heavy atom. The lowest BCUT2D eigenvalue weighted by Gasteiger charge is -2.29. The van der Waals surface area contributed by atoms with Crippen molar-refractivity contribution in [1.82, 2.24) is 14.9 Å². The Morgan fingerprint density at radius 1 is 0.844 bits per heavy atom. The molecule has 3 aromatic rings. The molecule has 0 spiro atoms. The van der Waals surface area contributed by atoms with E-state index in [1.54, 1.807) is 42.7 Å². The van der Waals surface area contributed by atoms with Gasteiger partial charge in [-0.15, -0.1) is 0 Å². The minimum Gasteiger partial charge on any atom is -0.338 e. The van der Waals surface area contributed by atoms with Crippen molar-refractivity contribution in [1.29, 1.82) is 0 Å². The number of hydrogen-bond donors (Lipinski definition) is 0. The monoisotopic (exact) mass is 444 g/mol. The van der Waals surface area contributed by atoms with Gasteiger partial charge in [-0.25, -0.2) is 15.0 Å². The van der Waals surface area contributed by atoms with Crippen LogP contribution < -0.4 is 0 Å². The number of amides is 2. The molecule has 162 valence electrons. The third kappa shape index (κ3) is 5.48. The van der Waals surface area contributed by atoms with Gasteiger partial charge >= 0.3 is 0 Å². The van der Waals surface area contributed by atoms with Gasteiger partial charge in [0.25, 0.3) is 11.8 Å². The van der Waals surface area contributed by atoms with E-state index >= 15 is 0 Å². The highest BCUT2D eigenvalue weighted by Crippen LogP contribution is 2.35. The van der Waals surface area contributed by atoms with Crippen molar-refractivity contribution in [2.75, 3.05) is 13.1 Å². The van der Waals surface area contributed by atoms with Crippen molar-refractivity contribution < 1.29 is 9.59 Å². The summed E-state index contributed by atoms with van der Waals surface area (Å²) in [6.07, 6.45) is 6.34. The fraction of sp³-hybridized carbons (Fsp3) is 0.240. The van der Waals surface area contributed by atoms with Crippen molar-refractivity contribution in [2.24, 2.45) is 4.99 Å². The smallest absolute Gasteiger partial charge is 0.277 e. The van der Waals surface area contributed by atoms with Gasteiger partial charge in [-0.05, 0) is 43.0 Å². The number of rotatable bonds is 6. The fourth-order valence-corrected chi connectivity index (χ4v) is 4.61. The zero-order chi connectivity index (χ0) is 22.2.